The lowest BCUT2D eigenvalue weighted by molar-refractivity contribution is -0.126. The molecule has 2 amide bonds. The Morgan fingerprint density at radius 2 is 1.68 bits per heavy atom. The Morgan fingerprint density at radius 1 is 1.00 bits per heavy atom. The van der Waals surface area contributed by atoms with E-state index in [0.29, 0.717) is 30.3 Å². The van der Waals surface area contributed by atoms with Gasteiger partial charge in [-0.25, -0.2) is 0 Å². The van der Waals surface area contributed by atoms with E-state index < -0.39 is 0 Å². The SMILES string of the molecule is CC(=O)N(CCNC(=O)C1CCCCC1)c1ccccc1Oc1ccccc1. The van der Waals surface area contributed by atoms with Crippen molar-refractivity contribution in [2.24, 2.45) is 5.92 Å². The summed E-state index contributed by atoms with van der Waals surface area (Å²) in [5, 5.41) is 3.00. The highest BCUT2D eigenvalue weighted by atomic mass is 16.5. The van der Waals surface area contributed by atoms with Crippen molar-refractivity contribution in [1.29, 1.82) is 0 Å². The van der Waals surface area contributed by atoms with Gasteiger partial charge in [0.1, 0.15) is 5.75 Å². The molecule has 3 rings (SSSR count). The molecule has 5 nitrogen and oxygen atoms in total. The van der Waals surface area contributed by atoms with E-state index in [1.165, 1.54) is 13.3 Å². The van der Waals surface area contributed by atoms with Crippen molar-refractivity contribution in [2.45, 2.75) is 39.0 Å². The van der Waals surface area contributed by atoms with Gasteiger partial charge in [-0.2, -0.15) is 0 Å². The molecule has 1 N–H and O–H groups in total. The number of rotatable bonds is 7. The lowest BCUT2D eigenvalue weighted by Crippen LogP contribution is -2.40. The lowest BCUT2D eigenvalue weighted by atomic mass is 9.89. The van der Waals surface area contributed by atoms with Crippen LogP contribution in [0.3, 0.4) is 0 Å². The fraction of sp³-hybridized carbons (Fsp3) is 0.391. The van der Waals surface area contributed by atoms with Crippen molar-refractivity contribution in [3.8, 4) is 11.5 Å². The molecule has 0 atom stereocenters. The van der Waals surface area contributed by atoms with Crippen LogP contribution < -0.4 is 15.0 Å². The van der Waals surface area contributed by atoms with E-state index in [4.69, 9.17) is 4.74 Å². The van der Waals surface area contributed by atoms with Gasteiger partial charge in [0.05, 0.1) is 5.69 Å². The van der Waals surface area contributed by atoms with Gasteiger partial charge in [-0.3, -0.25) is 9.59 Å². The van der Waals surface area contributed by atoms with Gasteiger partial charge in [0.15, 0.2) is 5.75 Å². The average molecular weight is 380 g/mol. The molecular formula is C23H28N2O3. The van der Waals surface area contributed by atoms with Gasteiger partial charge >= 0.3 is 0 Å². The third-order valence-corrected chi connectivity index (χ3v) is 5.12. The minimum Gasteiger partial charge on any atom is -0.455 e. The Labute approximate surface area is 166 Å². The molecule has 0 saturated heterocycles. The maximum Gasteiger partial charge on any atom is 0.224 e. The first-order chi connectivity index (χ1) is 13.6. The Bertz CT molecular complexity index is 785. The van der Waals surface area contributed by atoms with Crippen molar-refractivity contribution < 1.29 is 14.3 Å². The smallest absolute Gasteiger partial charge is 0.224 e. The molecule has 0 unspecified atom stereocenters. The molecule has 0 radical (unpaired) electrons. The van der Waals surface area contributed by atoms with Crippen LogP contribution in [0.25, 0.3) is 0 Å². The second-order valence-electron chi connectivity index (χ2n) is 7.18. The topological polar surface area (TPSA) is 58.6 Å². The number of ether oxygens (including phenoxy) is 1. The first-order valence-corrected chi connectivity index (χ1v) is 10.0. The molecule has 0 aliphatic heterocycles. The molecule has 2 aromatic carbocycles. The average Bonchev–Trinajstić information content (AvgIpc) is 2.73. The second kappa shape index (κ2) is 9.93. The van der Waals surface area contributed by atoms with Gasteiger partial charge < -0.3 is 15.0 Å². The fourth-order valence-corrected chi connectivity index (χ4v) is 3.63. The van der Waals surface area contributed by atoms with Crippen LogP contribution in [0.1, 0.15) is 39.0 Å². The highest BCUT2D eigenvalue weighted by Gasteiger charge is 2.21. The number of hydrogen-bond acceptors (Lipinski definition) is 3. The number of nitrogens with zero attached hydrogens (tertiary/aromatic N) is 1. The number of carbonyl (C=O) groups excluding carboxylic acids is 2. The summed E-state index contributed by atoms with van der Waals surface area (Å²) in [7, 11) is 0. The monoisotopic (exact) mass is 380 g/mol. The maximum absolute atomic E-state index is 12.4. The van der Waals surface area contributed by atoms with Crippen LogP contribution in [0, 0.1) is 5.92 Å². The second-order valence-corrected chi connectivity index (χ2v) is 7.18. The van der Waals surface area contributed by atoms with Crippen molar-refractivity contribution in [2.75, 3.05) is 18.0 Å². The molecule has 1 aliphatic carbocycles. The van der Waals surface area contributed by atoms with E-state index in [9.17, 15) is 9.59 Å². The molecule has 0 bridgehead atoms. The third-order valence-electron chi connectivity index (χ3n) is 5.12. The normalized spacial score (nSPS) is 14.3. The highest BCUT2D eigenvalue weighted by molar-refractivity contribution is 5.93. The predicted molar refractivity (Wildman–Crippen MR) is 111 cm³/mol. The summed E-state index contributed by atoms with van der Waals surface area (Å²) in [6.07, 6.45) is 5.41. The first kappa shape index (κ1) is 19.9. The Balaban J connectivity index is 1.65. The molecule has 0 heterocycles. The number of anilines is 1. The summed E-state index contributed by atoms with van der Waals surface area (Å²) >= 11 is 0. The fourth-order valence-electron chi connectivity index (χ4n) is 3.63. The molecule has 0 aromatic heterocycles. The zero-order chi connectivity index (χ0) is 19.8. The first-order valence-electron chi connectivity index (χ1n) is 10.0. The quantitative estimate of drug-likeness (QED) is 0.768. The van der Waals surface area contributed by atoms with Crippen LogP contribution in [-0.4, -0.2) is 24.9 Å². The minimum absolute atomic E-state index is 0.0870. The summed E-state index contributed by atoms with van der Waals surface area (Å²) in [5.74, 6) is 1.47. The van der Waals surface area contributed by atoms with Crippen molar-refractivity contribution in [3.05, 3.63) is 54.6 Å². The van der Waals surface area contributed by atoms with E-state index in [1.54, 1.807) is 4.90 Å². The van der Waals surface area contributed by atoms with E-state index in [2.05, 4.69) is 5.32 Å². The number of hydrogen-bond donors (Lipinski definition) is 1. The largest absolute Gasteiger partial charge is 0.455 e. The van der Waals surface area contributed by atoms with Crippen LogP contribution in [0.5, 0.6) is 11.5 Å². The molecule has 0 spiro atoms. The molecule has 148 valence electrons. The van der Waals surface area contributed by atoms with Crippen LogP contribution >= 0.6 is 0 Å². The Kier molecular flexibility index (Phi) is 7.06. The van der Waals surface area contributed by atoms with E-state index >= 15 is 0 Å². The molecule has 1 saturated carbocycles. The molecule has 2 aromatic rings. The van der Waals surface area contributed by atoms with Crippen molar-refractivity contribution in [3.63, 3.8) is 0 Å². The summed E-state index contributed by atoms with van der Waals surface area (Å²) in [6, 6.07) is 17.0. The number of carbonyl (C=O) groups is 2. The number of para-hydroxylation sites is 3. The van der Waals surface area contributed by atoms with E-state index in [0.717, 1.165) is 25.7 Å². The summed E-state index contributed by atoms with van der Waals surface area (Å²) < 4.78 is 5.98. The Morgan fingerprint density at radius 3 is 2.39 bits per heavy atom. The summed E-state index contributed by atoms with van der Waals surface area (Å²) in [5.41, 5.74) is 0.700. The van der Waals surface area contributed by atoms with Gasteiger partial charge in [-0.05, 0) is 37.1 Å². The third kappa shape index (κ3) is 5.35. The zero-order valence-electron chi connectivity index (χ0n) is 16.4. The summed E-state index contributed by atoms with van der Waals surface area (Å²) in [4.78, 5) is 26.3. The zero-order valence-corrected chi connectivity index (χ0v) is 16.4. The van der Waals surface area contributed by atoms with Crippen LogP contribution in [0.4, 0.5) is 5.69 Å². The number of amides is 2. The van der Waals surface area contributed by atoms with Crippen LogP contribution in [-0.2, 0) is 9.59 Å². The van der Waals surface area contributed by atoms with E-state index in [-0.39, 0.29) is 17.7 Å². The predicted octanol–water partition coefficient (Wildman–Crippen LogP) is 4.53. The molecule has 1 aliphatic rings. The minimum atomic E-state index is -0.0870. The summed E-state index contributed by atoms with van der Waals surface area (Å²) in [6.45, 7) is 2.36. The highest BCUT2D eigenvalue weighted by Crippen LogP contribution is 2.32. The van der Waals surface area contributed by atoms with E-state index in [1.807, 2.05) is 54.6 Å². The lowest BCUT2D eigenvalue weighted by Gasteiger charge is -2.25. The van der Waals surface area contributed by atoms with Gasteiger partial charge in [0, 0.05) is 25.9 Å². The molecular weight excluding hydrogens is 352 g/mol. The van der Waals surface area contributed by atoms with Crippen molar-refractivity contribution in [1.82, 2.24) is 5.32 Å². The van der Waals surface area contributed by atoms with Gasteiger partial charge in [-0.15, -0.1) is 0 Å². The number of nitrogens with one attached hydrogen (secondary N) is 1. The van der Waals surface area contributed by atoms with Gasteiger partial charge in [0.25, 0.3) is 0 Å². The molecule has 1 fully saturated rings. The van der Waals surface area contributed by atoms with Crippen molar-refractivity contribution >= 4 is 17.5 Å². The molecule has 5 heteroatoms. The van der Waals surface area contributed by atoms with Gasteiger partial charge in [0.2, 0.25) is 11.8 Å². The Hall–Kier alpha value is -2.82. The maximum atomic E-state index is 12.4. The van der Waals surface area contributed by atoms with Crippen LogP contribution in [0.15, 0.2) is 54.6 Å². The van der Waals surface area contributed by atoms with Crippen LogP contribution in [0.2, 0.25) is 0 Å². The standard InChI is InChI=1S/C23H28N2O3/c1-18(26)25(17-16-24-23(27)19-10-4-2-5-11-19)21-14-8-9-15-22(21)28-20-12-6-3-7-13-20/h3,6-9,12-15,19H,2,4-5,10-11,16-17H2,1H3,(H,24,27). The number of benzene rings is 2. The molecule has 28 heavy (non-hydrogen) atoms. The van der Waals surface area contributed by atoms with Gasteiger partial charge in [-0.1, -0.05) is 49.6 Å².